The van der Waals surface area contributed by atoms with Crippen LogP contribution in [0.2, 0.25) is 0 Å². The Morgan fingerprint density at radius 1 is 1.06 bits per heavy atom. The number of amides is 3. The fraction of sp³-hybridized carbons (Fsp3) is 0.536. The number of rotatable bonds is 4. The van der Waals surface area contributed by atoms with Crippen LogP contribution in [0.1, 0.15) is 68.2 Å². The Morgan fingerprint density at radius 2 is 1.72 bits per heavy atom. The van der Waals surface area contributed by atoms with Crippen LogP contribution in [0.4, 0.5) is 4.79 Å². The minimum Gasteiger partial charge on any atom is -0.486 e. The van der Waals surface area contributed by atoms with Crippen molar-refractivity contribution in [3.8, 4) is 17.2 Å². The van der Waals surface area contributed by atoms with Crippen LogP contribution in [0.15, 0.2) is 24.3 Å². The Labute approximate surface area is 211 Å². The molecule has 192 valence electrons. The van der Waals surface area contributed by atoms with Crippen LogP contribution in [0, 0.1) is 25.2 Å². The van der Waals surface area contributed by atoms with Gasteiger partial charge in [-0.05, 0) is 69.1 Å². The van der Waals surface area contributed by atoms with Gasteiger partial charge in [-0.3, -0.25) is 14.5 Å². The number of urea groups is 1. The molecule has 3 amide bonds. The second-order valence-electron chi connectivity index (χ2n) is 11.4. The maximum absolute atomic E-state index is 13.4. The van der Waals surface area contributed by atoms with E-state index in [1.807, 2.05) is 42.7 Å². The van der Waals surface area contributed by atoms with Crippen molar-refractivity contribution < 1.29 is 23.9 Å². The van der Waals surface area contributed by atoms with Gasteiger partial charge in [-0.25, -0.2) is 4.79 Å². The van der Waals surface area contributed by atoms with E-state index >= 15 is 0 Å². The average Bonchev–Trinajstić information content (AvgIpc) is 3.25. The molecule has 1 saturated carbocycles. The minimum absolute atomic E-state index is 0.169. The van der Waals surface area contributed by atoms with Gasteiger partial charge in [-0.1, -0.05) is 20.8 Å². The van der Waals surface area contributed by atoms with E-state index in [0.29, 0.717) is 49.0 Å². The van der Waals surface area contributed by atoms with Gasteiger partial charge in [0.25, 0.3) is 5.91 Å². The molecular formula is C28H35N3O5. The van der Waals surface area contributed by atoms with Crippen molar-refractivity contribution in [3.05, 3.63) is 41.2 Å². The van der Waals surface area contributed by atoms with Crippen molar-refractivity contribution in [2.75, 3.05) is 19.8 Å². The van der Waals surface area contributed by atoms with E-state index in [1.165, 1.54) is 0 Å². The van der Waals surface area contributed by atoms with Crippen LogP contribution in [0.25, 0.3) is 5.69 Å². The SMILES string of the molecule is Cc1cc(C(=O)CN2C(=O)NC3(CCC(C(C)(C)C)CC3)C2=O)c(C)n1-c1ccc2c(c1)OCCO2. The third-order valence-corrected chi connectivity index (χ3v) is 8.13. The summed E-state index contributed by atoms with van der Waals surface area (Å²) in [7, 11) is 0. The highest BCUT2D eigenvalue weighted by molar-refractivity contribution is 6.11. The van der Waals surface area contributed by atoms with Crippen molar-refractivity contribution in [2.24, 2.45) is 11.3 Å². The number of carbonyl (C=O) groups excluding carboxylic acids is 3. The van der Waals surface area contributed by atoms with Gasteiger partial charge >= 0.3 is 6.03 Å². The van der Waals surface area contributed by atoms with E-state index in [-0.39, 0.29) is 23.7 Å². The summed E-state index contributed by atoms with van der Waals surface area (Å²) in [6.45, 7) is 11.2. The zero-order valence-corrected chi connectivity index (χ0v) is 21.8. The molecule has 1 saturated heterocycles. The van der Waals surface area contributed by atoms with Gasteiger partial charge in [0.2, 0.25) is 0 Å². The molecule has 8 heteroatoms. The molecule has 1 spiro atoms. The third kappa shape index (κ3) is 4.06. The van der Waals surface area contributed by atoms with Crippen LogP contribution in [-0.2, 0) is 4.79 Å². The summed E-state index contributed by atoms with van der Waals surface area (Å²) in [5, 5.41) is 2.94. The molecule has 2 fully saturated rings. The predicted octanol–water partition coefficient (Wildman–Crippen LogP) is 4.57. The summed E-state index contributed by atoms with van der Waals surface area (Å²) in [6.07, 6.45) is 2.99. The molecule has 0 atom stereocenters. The van der Waals surface area contributed by atoms with Crippen LogP contribution < -0.4 is 14.8 Å². The molecule has 1 aromatic carbocycles. The molecule has 1 aromatic heterocycles. The second-order valence-corrected chi connectivity index (χ2v) is 11.4. The zero-order chi connectivity index (χ0) is 25.8. The summed E-state index contributed by atoms with van der Waals surface area (Å²) < 4.78 is 13.3. The number of Topliss-reactive ketones (excluding diaryl/α,β-unsaturated/α-hetero) is 1. The fourth-order valence-electron chi connectivity index (χ4n) is 5.98. The molecule has 8 nitrogen and oxygen atoms in total. The van der Waals surface area contributed by atoms with E-state index < -0.39 is 11.6 Å². The number of carbonyl (C=O) groups is 3. The predicted molar refractivity (Wildman–Crippen MR) is 135 cm³/mol. The van der Waals surface area contributed by atoms with Crippen molar-refractivity contribution >= 4 is 17.7 Å². The van der Waals surface area contributed by atoms with E-state index in [9.17, 15) is 14.4 Å². The number of hydrogen-bond acceptors (Lipinski definition) is 5. The maximum Gasteiger partial charge on any atom is 0.325 e. The fourth-order valence-corrected chi connectivity index (χ4v) is 5.98. The highest BCUT2D eigenvalue weighted by atomic mass is 16.6. The van der Waals surface area contributed by atoms with Crippen LogP contribution in [0.5, 0.6) is 11.5 Å². The lowest BCUT2D eigenvalue weighted by Gasteiger charge is -2.40. The Balaban J connectivity index is 1.34. The Kier molecular flexibility index (Phi) is 5.88. The average molecular weight is 494 g/mol. The number of imide groups is 1. The molecule has 5 rings (SSSR count). The largest absolute Gasteiger partial charge is 0.486 e. The van der Waals surface area contributed by atoms with Crippen molar-refractivity contribution in [3.63, 3.8) is 0 Å². The topological polar surface area (TPSA) is 89.9 Å². The second kappa shape index (κ2) is 8.68. The first-order valence-corrected chi connectivity index (χ1v) is 12.8. The summed E-state index contributed by atoms with van der Waals surface area (Å²) in [5.41, 5.74) is 2.28. The lowest BCUT2D eigenvalue weighted by atomic mass is 9.67. The van der Waals surface area contributed by atoms with Gasteiger partial charge in [0.1, 0.15) is 18.8 Å². The van der Waals surface area contributed by atoms with Crippen LogP contribution in [-0.4, -0.2) is 52.5 Å². The number of aryl methyl sites for hydroxylation is 1. The standard InChI is InChI=1S/C28H35N3O5/c1-17-14-21(18(2)31(17)20-6-7-23-24(15-20)36-13-12-35-23)22(32)16-30-25(33)28(29-26(30)34)10-8-19(9-11-28)27(3,4)5/h6-7,14-15,19H,8-13,16H2,1-5H3,(H,29,34). The lowest BCUT2D eigenvalue weighted by Crippen LogP contribution is -2.50. The number of ether oxygens (including phenoxy) is 2. The van der Waals surface area contributed by atoms with Crippen molar-refractivity contribution in [2.45, 2.75) is 65.8 Å². The Bertz CT molecular complexity index is 1230. The van der Waals surface area contributed by atoms with Crippen molar-refractivity contribution in [1.82, 2.24) is 14.8 Å². The van der Waals surface area contributed by atoms with Gasteiger partial charge in [0.15, 0.2) is 17.3 Å². The molecule has 2 aromatic rings. The van der Waals surface area contributed by atoms with Gasteiger partial charge in [0.05, 0.1) is 6.54 Å². The van der Waals surface area contributed by atoms with Crippen LogP contribution in [0.3, 0.4) is 0 Å². The smallest absolute Gasteiger partial charge is 0.325 e. The molecule has 36 heavy (non-hydrogen) atoms. The van der Waals surface area contributed by atoms with Gasteiger partial charge in [-0.15, -0.1) is 0 Å². The summed E-state index contributed by atoms with van der Waals surface area (Å²) >= 11 is 0. The Morgan fingerprint density at radius 3 is 2.39 bits per heavy atom. The Hall–Kier alpha value is -3.29. The quantitative estimate of drug-likeness (QED) is 0.498. The number of nitrogens with one attached hydrogen (secondary N) is 1. The number of ketones is 1. The van der Waals surface area contributed by atoms with E-state index in [0.717, 1.165) is 34.8 Å². The van der Waals surface area contributed by atoms with Crippen molar-refractivity contribution in [1.29, 1.82) is 0 Å². The number of aromatic nitrogens is 1. The van der Waals surface area contributed by atoms with E-state index in [4.69, 9.17) is 9.47 Å². The summed E-state index contributed by atoms with van der Waals surface area (Å²) in [5.74, 6) is 1.36. The van der Waals surface area contributed by atoms with Gasteiger partial charge in [0, 0.05) is 28.7 Å². The first-order chi connectivity index (χ1) is 17.0. The van der Waals surface area contributed by atoms with Gasteiger partial charge < -0.3 is 19.4 Å². The first kappa shape index (κ1) is 24.4. The first-order valence-electron chi connectivity index (χ1n) is 12.8. The van der Waals surface area contributed by atoms with Crippen LogP contribution >= 0.6 is 0 Å². The number of hydrogen-bond donors (Lipinski definition) is 1. The summed E-state index contributed by atoms with van der Waals surface area (Å²) in [6, 6.07) is 7.04. The molecule has 1 aliphatic carbocycles. The molecular weight excluding hydrogens is 458 g/mol. The monoisotopic (exact) mass is 493 g/mol. The minimum atomic E-state index is -0.874. The number of benzene rings is 1. The molecule has 0 bridgehead atoms. The highest BCUT2D eigenvalue weighted by Crippen LogP contribution is 2.43. The maximum atomic E-state index is 13.4. The molecule has 3 heterocycles. The summed E-state index contributed by atoms with van der Waals surface area (Å²) in [4.78, 5) is 40.7. The zero-order valence-electron chi connectivity index (χ0n) is 21.8. The van der Waals surface area contributed by atoms with Gasteiger partial charge in [-0.2, -0.15) is 0 Å². The number of nitrogens with zero attached hydrogens (tertiary/aromatic N) is 2. The van der Waals surface area contributed by atoms with E-state index in [1.54, 1.807) is 0 Å². The molecule has 3 aliphatic rings. The third-order valence-electron chi connectivity index (χ3n) is 8.13. The van der Waals surface area contributed by atoms with E-state index in [2.05, 4.69) is 26.1 Å². The molecule has 1 N–H and O–H groups in total. The molecule has 0 radical (unpaired) electrons. The lowest BCUT2D eigenvalue weighted by molar-refractivity contribution is -0.132. The highest BCUT2D eigenvalue weighted by Gasteiger charge is 2.53. The molecule has 2 aliphatic heterocycles. The number of fused-ring (bicyclic) bond motifs is 1. The normalized spacial score (nSPS) is 23.8. The molecule has 0 unspecified atom stereocenters.